The number of para-hydroxylation sites is 1. The van der Waals surface area contributed by atoms with Crippen LogP contribution in [0.25, 0.3) is 0 Å². The fraction of sp³-hybridized carbons (Fsp3) is 0.269. The molecule has 160 valence electrons. The van der Waals surface area contributed by atoms with Gasteiger partial charge in [0.25, 0.3) is 0 Å². The fourth-order valence-corrected chi connectivity index (χ4v) is 4.05. The number of ether oxygens (including phenoxy) is 1. The Hall–Kier alpha value is -2.82. The molecule has 3 aromatic carbocycles. The van der Waals surface area contributed by atoms with Gasteiger partial charge < -0.3 is 9.84 Å². The first-order valence-electron chi connectivity index (χ1n) is 10.7. The van der Waals surface area contributed by atoms with Gasteiger partial charge in [-0.15, -0.1) is 0 Å². The summed E-state index contributed by atoms with van der Waals surface area (Å²) in [5, 5.41) is 15.2. The molecule has 0 radical (unpaired) electrons. The summed E-state index contributed by atoms with van der Waals surface area (Å²) in [6.45, 7) is 4.56. The van der Waals surface area contributed by atoms with E-state index in [1.54, 1.807) is 6.07 Å². The molecule has 5 heteroatoms. The number of hydrogen-bond donors (Lipinski definition) is 2. The molecule has 2 atom stereocenters. The van der Waals surface area contributed by atoms with E-state index in [4.69, 9.17) is 21.3 Å². The van der Waals surface area contributed by atoms with Crippen LogP contribution in [0.3, 0.4) is 0 Å². The van der Waals surface area contributed by atoms with Crippen LogP contribution in [0.2, 0.25) is 5.02 Å². The van der Waals surface area contributed by atoms with Gasteiger partial charge in [-0.05, 0) is 48.2 Å². The Morgan fingerprint density at radius 3 is 2.45 bits per heavy atom. The molecule has 0 saturated carbocycles. The van der Waals surface area contributed by atoms with Crippen LogP contribution in [0, 0.1) is 0 Å². The van der Waals surface area contributed by atoms with Crippen molar-refractivity contribution in [2.45, 2.75) is 38.9 Å². The Labute approximate surface area is 188 Å². The minimum absolute atomic E-state index is 0.112. The van der Waals surface area contributed by atoms with Gasteiger partial charge in [0.05, 0.1) is 6.61 Å². The largest absolute Gasteiger partial charge is 0.504 e. The van der Waals surface area contributed by atoms with E-state index in [0.29, 0.717) is 23.8 Å². The number of benzene rings is 3. The molecule has 0 spiro atoms. The number of aromatic hydroxyl groups is 1. The SMILES string of the molecule is CCOc1cccc([C@@H]2CC(c3ccc(CC)cc3)=N[C@@H](c3ccc(Cl)cc3)N2)c1O. The number of rotatable bonds is 6. The van der Waals surface area contributed by atoms with Gasteiger partial charge in [0.15, 0.2) is 11.5 Å². The minimum atomic E-state index is -0.244. The molecule has 31 heavy (non-hydrogen) atoms. The first kappa shape index (κ1) is 21.4. The first-order valence-corrected chi connectivity index (χ1v) is 11.1. The zero-order valence-electron chi connectivity index (χ0n) is 17.8. The average molecular weight is 435 g/mol. The summed E-state index contributed by atoms with van der Waals surface area (Å²) in [5.74, 6) is 0.681. The molecule has 0 saturated heterocycles. The Morgan fingerprint density at radius 2 is 1.77 bits per heavy atom. The number of aliphatic imine (C=N–C) groups is 1. The van der Waals surface area contributed by atoms with E-state index in [2.05, 4.69) is 36.5 Å². The van der Waals surface area contributed by atoms with Crippen molar-refractivity contribution in [1.29, 1.82) is 0 Å². The highest BCUT2D eigenvalue weighted by molar-refractivity contribution is 6.30. The second-order valence-electron chi connectivity index (χ2n) is 7.63. The summed E-state index contributed by atoms with van der Waals surface area (Å²) < 4.78 is 5.61. The van der Waals surface area contributed by atoms with E-state index in [-0.39, 0.29) is 18.0 Å². The predicted molar refractivity (Wildman–Crippen MR) is 126 cm³/mol. The molecule has 1 aliphatic rings. The Bertz CT molecular complexity index is 1060. The zero-order chi connectivity index (χ0) is 21.8. The van der Waals surface area contributed by atoms with E-state index < -0.39 is 0 Å². The van der Waals surface area contributed by atoms with Crippen molar-refractivity contribution in [1.82, 2.24) is 5.32 Å². The Kier molecular flexibility index (Phi) is 6.59. The molecule has 1 aliphatic heterocycles. The van der Waals surface area contributed by atoms with Crippen molar-refractivity contribution in [2.75, 3.05) is 6.61 Å². The molecular formula is C26H27ClN2O2. The van der Waals surface area contributed by atoms with Gasteiger partial charge in [0.2, 0.25) is 0 Å². The number of nitrogens with zero attached hydrogens (tertiary/aromatic N) is 1. The maximum Gasteiger partial charge on any atom is 0.162 e. The predicted octanol–water partition coefficient (Wildman–Crippen LogP) is 6.23. The number of phenols is 1. The van der Waals surface area contributed by atoms with Crippen molar-refractivity contribution >= 4 is 17.3 Å². The lowest BCUT2D eigenvalue weighted by Crippen LogP contribution is -2.33. The summed E-state index contributed by atoms with van der Waals surface area (Å²) in [7, 11) is 0. The number of phenolic OH excluding ortho intramolecular Hbond substituents is 1. The normalized spacial score (nSPS) is 18.5. The number of aryl methyl sites for hydroxylation is 1. The second-order valence-corrected chi connectivity index (χ2v) is 8.07. The number of nitrogens with one attached hydrogen (secondary N) is 1. The maximum absolute atomic E-state index is 10.9. The summed E-state index contributed by atoms with van der Waals surface area (Å²) in [5.41, 5.74) is 5.24. The smallest absolute Gasteiger partial charge is 0.162 e. The Morgan fingerprint density at radius 1 is 1.03 bits per heavy atom. The third-order valence-electron chi connectivity index (χ3n) is 5.63. The summed E-state index contributed by atoms with van der Waals surface area (Å²) in [6.07, 6.45) is 1.42. The molecule has 0 bridgehead atoms. The van der Waals surface area contributed by atoms with E-state index in [1.165, 1.54) is 5.56 Å². The van der Waals surface area contributed by atoms with Crippen molar-refractivity contribution in [3.05, 3.63) is 94.0 Å². The van der Waals surface area contributed by atoms with Gasteiger partial charge in [-0.2, -0.15) is 0 Å². The van der Waals surface area contributed by atoms with Gasteiger partial charge in [-0.1, -0.05) is 67.1 Å². The van der Waals surface area contributed by atoms with Crippen LogP contribution >= 0.6 is 11.6 Å². The van der Waals surface area contributed by atoms with Crippen LogP contribution in [0.5, 0.6) is 11.5 Å². The lowest BCUT2D eigenvalue weighted by Gasteiger charge is -2.31. The topological polar surface area (TPSA) is 53.8 Å². The molecule has 4 nitrogen and oxygen atoms in total. The van der Waals surface area contributed by atoms with Crippen molar-refractivity contribution in [2.24, 2.45) is 4.99 Å². The summed E-state index contributed by atoms with van der Waals surface area (Å²) >= 11 is 6.09. The fourth-order valence-electron chi connectivity index (χ4n) is 3.92. The lowest BCUT2D eigenvalue weighted by molar-refractivity contribution is 0.313. The number of hydrogen-bond acceptors (Lipinski definition) is 4. The molecule has 1 heterocycles. The van der Waals surface area contributed by atoms with Gasteiger partial charge in [-0.3, -0.25) is 10.3 Å². The molecule has 0 unspecified atom stereocenters. The molecule has 0 amide bonds. The number of halogens is 1. The van der Waals surface area contributed by atoms with Crippen molar-refractivity contribution in [3.63, 3.8) is 0 Å². The van der Waals surface area contributed by atoms with Crippen LogP contribution < -0.4 is 10.1 Å². The van der Waals surface area contributed by atoms with Crippen molar-refractivity contribution in [3.8, 4) is 11.5 Å². The lowest BCUT2D eigenvalue weighted by atomic mass is 9.93. The van der Waals surface area contributed by atoms with E-state index in [0.717, 1.165) is 28.8 Å². The molecular weight excluding hydrogens is 408 g/mol. The molecule has 0 fully saturated rings. The van der Waals surface area contributed by atoms with Gasteiger partial charge in [-0.25, -0.2) is 0 Å². The van der Waals surface area contributed by atoms with Gasteiger partial charge in [0.1, 0.15) is 6.17 Å². The van der Waals surface area contributed by atoms with Crippen LogP contribution in [-0.2, 0) is 6.42 Å². The molecule has 3 aromatic rings. The van der Waals surface area contributed by atoms with Gasteiger partial charge >= 0.3 is 0 Å². The molecule has 0 aliphatic carbocycles. The van der Waals surface area contributed by atoms with Crippen molar-refractivity contribution < 1.29 is 9.84 Å². The van der Waals surface area contributed by atoms with E-state index >= 15 is 0 Å². The van der Waals surface area contributed by atoms with Crippen LogP contribution in [0.4, 0.5) is 0 Å². The standard InChI is InChI=1S/C26H27ClN2O2/c1-3-17-8-10-18(11-9-17)22-16-23(21-6-5-7-24(25(21)30)31-4-2)29-26(28-22)19-12-14-20(27)15-13-19/h5-15,23,26,29-30H,3-4,16H2,1-2H3/t23-,26+/m0/s1. The summed E-state index contributed by atoms with van der Waals surface area (Å²) in [6, 6.07) is 21.8. The quantitative estimate of drug-likeness (QED) is 0.483. The third kappa shape index (κ3) is 4.76. The zero-order valence-corrected chi connectivity index (χ0v) is 18.6. The van der Waals surface area contributed by atoms with E-state index in [9.17, 15) is 5.11 Å². The highest BCUT2D eigenvalue weighted by Gasteiger charge is 2.28. The highest BCUT2D eigenvalue weighted by Crippen LogP contribution is 2.39. The molecule has 0 aromatic heterocycles. The van der Waals surface area contributed by atoms with E-state index in [1.807, 2.05) is 43.3 Å². The molecule has 4 rings (SSSR count). The monoisotopic (exact) mass is 434 g/mol. The first-order chi connectivity index (χ1) is 15.1. The molecule has 2 N–H and O–H groups in total. The van der Waals surface area contributed by atoms with Crippen LogP contribution in [-0.4, -0.2) is 17.4 Å². The second kappa shape index (κ2) is 9.54. The third-order valence-corrected chi connectivity index (χ3v) is 5.88. The maximum atomic E-state index is 10.9. The highest BCUT2D eigenvalue weighted by atomic mass is 35.5. The van der Waals surface area contributed by atoms with Crippen LogP contribution in [0.1, 0.15) is 54.7 Å². The minimum Gasteiger partial charge on any atom is -0.504 e. The van der Waals surface area contributed by atoms with Gasteiger partial charge in [0, 0.05) is 28.8 Å². The Balaban J connectivity index is 1.73. The summed E-state index contributed by atoms with van der Waals surface area (Å²) in [4.78, 5) is 5.02. The average Bonchev–Trinajstić information content (AvgIpc) is 2.81. The van der Waals surface area contributed by atoms with Crippen LogP contribution in [0.15, 0.2) is 71.7 Å².